The molecule has 1 aliphatic heterocycles. The Balaban J connectivity index is 2.02. The molecule has 7 heteroatoms. The molecule has 116 valence electrons. The second kappa shape index (κ2) is 7.78. The van der Waals surface area contributed by atoms with Crippen LogP contribution in [-0.4, -0.2) is 36.2 Å². The highest BCUT2D eigenvalue weighted by molar-refractivity contribution is 5.54. The van der Waals surface area contributed by atoms with Crippen molar-refractivity contribution in [1.82, 2.24) is 4.98 Å². The smallest absolute Gasteiger partial charge is 0.276 e. The maximum atomic E-state index is 11.0. The number of pyridine rings is 1. The van der Waals surface area contributed by atoms with Gasteiger partial charge in [0.1, 0.15) is 11.6 Å². The summed E-state index contributed by atoms with van der Waals surface area (Å²) in [6, 6.07) is 2.95. The highest BCUT2D eigenvalue weighted by Gasteiger charge is 2.15. The summed E-state index contributed by atoms with van der Waals surface area (Å²) in [6.07, 6.45) is 2.97. The van der Waals surface area contributed by atoms with Crippen LogP contribution in [0.15, 0.2) is 12.1 Å². The highest BCUT2D eigenvalue weighted by atomic mass is 16.6. The number of nitro groups is 1. The molecule has 1 aliphatic rings. The van der Waals surface area contributed by atoms with Gasteiger partial charge in [-0.25, -0.2) is 4.98 Å². The molecule has 0 saturated carbocycles. The molecule has 1 aromatic rings. The minimum Gasteiger partial charge on any atom is -0.381 e. The molecule has 0 aromatic carbocycles. The van der Waals surface area contributed by atoms with Crippen LogP contribution in [0.25, 0.3) is 0 Å². The fourth-order valence-corrected chi connectivity index (χ4v) is 2.26. The van der Waals surface area contributed by atoms with E-state index < -0.39 is 4.92 Å². The minimum atomic E-state index is -0.390. The van der Waals surface area contributed by atoms with E-state index in [1.54, 1.807) is 0 Å². The molecule has 2 rings (SSSR count). The van der Waals surface area contributed by atoms with Gasteiger partial charge in [-0.05, 0) is 25.2 Å². The van der Waals surface area contributed by atoms with Crippen molar-refractivity contribution in [2.75, 3.05) is 36.9 Å². The fourth-order valence-electron chi connectivity index (χ4n) is 2.26. The summed E-state index contributed by atoms with van der Waals surface area (Å²) >= 11 is 0. The lowest BCUT2D eigenvalue weighted by Crippen LogP contribution is -2.23. The van der Waals surface area contributed by atoms with E-state index in [1.807, 2.05) is 6.92 Å². The third-order valence-electron chi connectivity index (χ3n) is 3.49. The van der Waals surface area contributed by atoms with Gasteiger partial charge in [-0.3, -0.25) is 10.1 Å². The summed E-state index contributed by atoms with van der Waals surface area (Å²) in [7, 11) is 0. The summed E-state index contributed by atoms with van der Waals surface area (Å²) in [5, 5.41) is 17.3. The van der Waals surface area contributed by atoms with Gasteiger partial charge >= 0.3 is 0 Å². The molecule has 0 spiro atoms. The molecule has 0 atom stereocenters. The van der Waals surface area contributed by atoms with Crippen molar-refractivity contribution in [2.24, 2.45) is 5.92 Å². The molecule has 1 fully saturated rings. The van der Waals surface area contributed by atoms with Gasteiger partial charge in [-0.2, -0.15) is 0 Å². The number of hydrogen-bond acceptors (Lipinski definition) is 6. The lowest BCUT2D eigenvalue weighted by atomic mass is 10.0. The normalized spacial score (nSPS) is 15.7. The van der Waals surface area contributed by atoms with Crippen molar-refractivity contribution in [3.63, 3.8) is 0 Å². The predicted molar refractivity (Wildman–Crippen MR) is 81.7 cm³/mol. The second-order valence-corrected chi connectivity index (χ2v) is 5.22. The Labute approximate surface area is 124 Å². The first kappa shape index (κ1) is 15.5. The molecule has 21 heavy (non-hydrogen) atoms. The molecule has 0 radical (unpaired) electrons. The molecule has 1 saturated heterocycles. The first-order valence-electron chi connectivity index (χ1n) is 7.41. The molecule has 7 nitrogen and oxygen atoms in total. The molecule has 2 N–H and O–H groups in total. The number of nitrogens with zero attached hydrogens (tertiary/aromatic N) is 2. The Morgan fingerprint density at radius 1 is 1.33 bits per heavy atom. The predicted octanol–water partition coefficient (Wildman–Crippen LogP) is 2.65. The van der Waals surface area contributed by atoms with E-state index in [0.717, 1.165) is 45.6 Å². The summed E-state index contributed by atoms with van der Waals surface area (Å²) in [5.41, 5.74) is 0.0538. The zero-order chi connectivity index (χ0) is 15.1. The lowest BCUT2D eigenvalue weighted by Gasteiger charge is -2.22. The second-order valence-electron chi connectivity index (χ2n) is 5.22. The Bertz CT molecular complexity index is 475. The third kappa shape index (κ3) is 4.86. The largest absolute Gasteiger partial charge is 0.381 e. The van der Waals surface area contributed by atoms with Crippen LogP contribution < -0.4 is 10.6 Å². The Morgan fingerprint density at radius 2 is 2.00 bits per heavy atom. The van der Waals surface area contributed by atoms with E-state index in [-0.39, 0.29) is 5.69 Å². The van der Waals surface area contributed by atoms with Crippen LogP contribution in [0.1, 0.15) is 26.2 Å². The average molecular weight is 294 g/mol. The Kier molecular flexibility index (Phi) is 5.74. The maximum Gasteiger partial charge on any atom is 0.276 e. The maximum absolute atomic E-state index is 11.0. The van der Waals surface area contributed by atoms with E-state index >= 15 is 0 Å². The molecule has 0 bridgehead atoms. The Morgan fingerprint density at radius 3 is 2.62 bits per heavy atom. The molecule has 0 unspecified atom stereocenters. The van der Waals surface area contributed by atoms with Crippen molar-refractivity contribution < 1.29 is 9.66 Å². The number of anilines is 2. The number of ether oxygens (including phenoxy) is 1. The van der Waals surface area contributed by atoms with Gasteiger partial charge in [0, 0.05) is 26.3 Å². The molecular weight excluding hydrogens is 272 g/mol. The van der Waals surface area contributed by atoms with Gasteiger partial charge in [-0.15, -0.1) is 0 Å². The standard InChI is InChI=1S/C14H22N4O3/c1-2-5-15-13-8-12(18(19)20)9-14(17-13)16-10-11-3-6-21-7-4-11/h8-9,11H,2-7,10H2,1H3,(H2,15,16,17). The third-order valence-corrected chi connectivity index (χ3v) is 3.49. The summed E-state index contributed by atoms with van der Waals surface area (Å²) in [6.45, 7) is 5.13. The van der Waals surface area contributed by atoms with E-state index in [0.29, 0.717) is 17.6 Å². The fraction of sp³-hybridized carbons (Fsp3) is 0.643. The number of aromatic nitrogens is 1. The summed E-state index contributed by atoms with van der Waals surface area (Å²) in [5.74, 6) is 1.63. The van der Waals surface area contributed by atoms with Crippen LogP contribution in [0.4, 0.5) is 17.3 Å². The van der Waals surface area contributed by atoms with Gasteiger partial charge in [0.15, 0.2) is 0 Å². The van der Waals surface area contributed by atoms with Gasteiger partial charge in [0.05, 0.1) is 17.1 Å². The molecular formula is C14H22N4O3. The van der Waals surface area contributed by atoms with Gasteiger partial charge in [0.25, 0.3) is 5.69 Å². The van der Waals surface area contributed by atoms with E-state index in [9.17, 15) is 10.1 Å². The average Bonchev–Trinajstić information content (AvgIpc) is 2.51. The van der Waals surface area contributed by atoms with Crippen LogP contribution in [0, 0.1) is 16.0 Å². The summed E-state index contributed by atoms with van der Waals surface area (Å²) < 4.78 is 5.32. The SMILES string of the molecule is CCCNc1cc([N+](=O)[O-])cc(NCC2CCOCC2)n1. The van der Waals surface area contributed by atoms with Crippen LogP contribution in [0.3, 0.4) is 0 Å². The van der Waals surface area contributed by atoms with Crippen molar-refractivity contribution in [3.05, 3.63) is 22.2 Å². The lowest BCUT2D eigenvalue weighted by molar-refractivity contribution is -0.384. The number of nitrogens with one attached hydrogen (secondary N) is 2. The zero-order valence-electron chi connectivity index (χ0n) is 12.3. The highest BCUT2D eigenvalue weighted by Crippen LogP contribution is 2.22. The van der Waals surface area contributed by atoms with Gasteiger partial charge in [0.2, 0.25) is 0 Å². The number of rotatable bonds is 7. The van der Waals surface area contributed by atoms with E-state index in [2.05, 4.69) is 15.6 Å². The zero-order valence-corrected chi connectivity index (χ0v) is 12.3. The molecule has 2 heterocycles. The van der Waals surface area contributed by atoms with Crippen molar-refractivity contribution in [3.8, 4) is 0 Å². The monoisotopic (exact) mass is 294 g/mol. The first-order valence-corrected chi connectivity index (χ1v) is 7.41. The van der Waals surface area contributed by atoms with Crippen molar-refractivity contribution >= 4 is 17.3 Å². The summed E-state index contributed by atoms with van der Waals surface area (Å²) in [4.78, 5) is 15.0. The van der Waals surface area contributed by atoms with Crippen LogP contribution in [0.2, 0.25) is 0 Å². The van der Waals surface area contributed by atoms with Crippen LogP contribution in [0.5, 0.6) is 0 Å². The van der Waals surface area contributed by atoms with Crippen LogP contribution >= 0.6 is 0 Å². The number of hydrogen-bond donors (Lipinski definition) is 2. The van der Waals surface area contributed by atoms with Crippen molar-refractivity contribution in [1.29, 1.82) is 0 Å². The topological polar surface area (TPSA) is 89.3 Å². The first-order chi connectivity index (χ1) is 10.2. The van der Waals surface area contributed by atoms with Gasteiger partial charge in [-0.1, -0.05) is 6.92 Å². The van der Waals surface area contributed by atoms with Crippen molar-refractivity contribution in [2.45, 2.75) is 26.2 Å². The van der Waals surface area contributed by atoms with Crippen LogP contribution in [-0.2, 0) is 4.74 Å². The van der Waals surface area contributed by atoms with Gasteiger partial charge < -0.3 is 15.4 Å². The molecule has 1 aromatic heterocycles. The minimum absolute atomic E-state index is 0.0538. The quantitative estimate of drug-likeness (QED) is 0.593. The van der Waals surface area contributed by atoms with E-state index in [4.69, 9.17) is 4.74 Å². The molecule has 0 amide bonds. The Hall–Kier alpha value is -1.89. The molecule has 0 aliphatic carbocycles. The van der Waals surface area contributed by atoms with E-state index in [1.165, 1.54) is 12.1 Å².